The van der Waals surface area contributed by atoms with Crippen LogP contribution in [0.2, 0.25) is 0 Å². The van der Waals surface area contributed by atoms with Crippen LogP contribution in [0, 0.1) is 17.8 Å². The Morgan fingerprint density at radius 1 is 1.10 bits per heavy atom. The second kappa shape index (κ2) is 7.64. The first kappa shape index (κ1) is 16.1. The molecule has 0 aliphatic carbocycles. The van der Waals surface area contributed by atoms with Crippen molar-refractivity contribution >= 4 is 0 Å². The van der Waals surface area contributed by atoms with Crippen LogP contribution in [0.4, 0.5) is 0 Å². The van der Waals surface area contributed by atoms with Crippen LogP contribution >= 0.6 is 0 Å². The largest absolute Gasteiger partial charge is 0.373 e. The molecular formula is C19H27NO. The van der Waals surface area contributed by atoms with Crippen molar-refractivity contribution in [1.29, 1.82) is 0 Å². The van der Waals surface area contributed by atoms with Crippen LogP contribution < -0.4 is 0 Å². The Morgan fingerprint density at radius 2 is 1.71 bits per heavy atom. The number of nitrogens with zero attached hydrogens (tertiary/aromatic N) is 1. The van der Waals surface area contributed by atoms with Crippen LogP contribution in [0.5, 0.6) is 0 Å². The maximum absolute atomic E-state index is 11.0. The van der Waals surface area contributed by atoms with Gasteiger partial charge in [0.05, 0.1) is 6.54 Å². The van der Waals surface area contributed by atoms with Crippen molar-refractivity contribution in [3.8, 4) is 11.8 Å². The predicted molar refractivity (Wildman–Crippen MR) is 87.9 cm³/mol. The predicted octanol–water partition coefficient (Wildman–Crippen LogP) is 3.41. The van der Waals surface area contributed by atoms with Gasteiger partial charge >= 0.3 is 0 Å². The third kappa shape index (κ3) is 4.33. The van der Waals surface area contributed by atoms with E-state index in [4.69, 9.17) is 0 Å². The summed E-state index contributed by atoms with van der Waals surface area (Å²) in [7, 11) is 0. The molecule has 0 radical (unpaired) electrons. The van der Waals surface area contributed by atoms with Gasteiger partial charge in [0.15, 0.2) is 5.60 Å². The molecule has 0 amide bonds. The molecule has 0 spiro atoms. The van der Waals surface area contributed by atoms with Gasteiger partial charge in [-0.05, 0) is 37.4 Å². The van der Waals surface area contributed by atoms with Crippen LogP contribution in [-0.4, -0.2) is 29.6 Å². The highest BCUT2D eigenvalue weighted by Gasteiger charge is 2.30. The van der Waals surface area contributed by atoms with Gasteiger partial charge in [-0.15, -0.1) is 0 Å². The lowest BCUT2D eigenvalue weighted by Crippen LogP contribution is -2.31. The summed E-state index contributed by atoms with van der Waals surface area (Å²) in [6.07, 6.45) is 5.22. The summed E-state index contributed by atoms with van der Waals surface area (Å²) in [6, 6.07) is 9.80. The summed E-state index contributed by atoms with van der Waals surface area (Å²) in [4.78, 5) is 2.41. The van der Waals surface area contributed by atoms with Gasteiger partial charge < -0.3 is 5.11 Å². The average molecular weight is 285 g/mol. The first-order valence-corrected chi connectivity index (χ1v) is 8.13. The third-order valence-corrected chi connectivity index (χ3v) is 4.33. The molecule has 2 nitrogen and oxygen atoms in total. The van der Waals surface area contributed by atoms with Crippen molar-refractivity contribution in [2.45, 2.75) is 45.1 Å². The van der Waals surface area contributed by atoms with E-state index in [-0.39, 0.29) is 5.92 Å². The van der Waals surface area contributed by atoms with E-state index in [9.17, 15) is 5.11 Å². The zero-order valence-corrected chi connectivity index (χ0v) is 13.3. The van der Waals surface area contributed by atoms with E-state index >= 15 is 0 Å². The Labute approximate surface area is 129 Å². The highest BCUT2D eigenvalue weighted by molar-refractivity contribution is 5.32. The minimum atomic E-state index is -1.05. The van der Waals surface area contributed by atoms with E-state index in [0.717, 1.165) is 25.2 Å². The zero-order chi connectivity index (χ0) is 15.1. The molecule has 1 fully saturated rings. The van der Waals surface area contributed by atoms with E-state index in [1.54, 1.807) is 0 Å². The summed E-state index contributed by atoms with van der Waals surface area (Å²) < 4.78 is 0. The minimum Gasteiger partial charge on any atom is -0.373 e. The van der Waals surface area contributed by atoms with Crippen LogP contribution in [0.15, 0.2) is 30.3 Å². The summed E-state index contributed by atoms with van der Waals surface area (Å²) in [5, 5.41) is 11.0. The lowest BCUT2D eigenvalue weighted by atomic mass is 9.84. The monoisotopic (exact) mass is 285 g/mol. The summed E-state index contributed by atoms with van der Waals surface area (Å²) in [5.74, 6) is 6.44. The van der Waals surface area contributed by atoms with Gasteiger partial charge in [0, 0.05) is 0 Å². The Balaban J connectivity index is 2.08. The van der Waals surface area contributed by atoms with Crippen molar-refractivity contribution in [3.63, 3.8) is 0 Å². The van der Waals surface area contributed by atoms with E-state index in [1.165, 1.54) is 25.7 Å². The Hall–Kier alpha value is -1.30. The zero-order valence-electron chi connectivity index (χ0n) is 13.3. The highest BCUT2D eigenvalue weighted by atomic mass is 16.3. The molecule has 1 heterocycles. The van der Waals surface area contributed by atoms with E-state index in [1.807, 2.05) is 44.2 Å². The number of aliphatic hydroxyl groups is 1. The number of hydrogen-bond donors (Lipinski definition) is 1. The molecule has 1 N–H and O–H groups in total. The van der Waals surface area contributed by atoms with Crippen molar-refractivity contribution in [2.24, 2.45) is 5.92 Å². The first-order chi connectivity index (χ1) is 10.1. The molecule has 1 atom stereocenters. The molecule has 1 aromatic rings. The summed E-state index contributed by atoms with van der Waals surface area (Å²) in [5.41, 5.74) is -0.156. The minimum absolute atomic E-state index is 0.0662. The number of rotatable bonds is 3. The molecule has 0 saturated carbocycles. The topological polar surface area (TPSA) is 23.5 Å². The fourth-order valence-corrected chi connectivity index (χ4v) is 2.82. The van der Waals surface area contributed by atoms with Crippen molar-refractivity contribution in [2.75, 3.05) is 19.6 Å². The van der Waals surface area contributed by atoms with Gasteiger partial charge in [-0.2, -0.15) is 0 Å². The lowest BCUT2D eigenvalue weighted by molar-refractivity contribution is 0.0502. The molecule has 1 aromatic carbocycles. The SMILES string of the molecule is CC(C)[C@@](O)(C#CCN1CCCCCC1)c1ccccc1. The lowest BCUT2D eigenvalue weighted by Gasteiger charge is -2.27. The quantitative estimate of drug-likeness (QED) is 0.860. The second-order valence-electron chi connectivity index (χ2n) is 6.28. The van der Waals surface area contributed by atoms with Crippen molar-refractivity contribution < 1.29 is 5.11 Å². The molecule has 114 valence electrons. The van der Waals surface area contributed by atoms with Crippen LogP contribution in [0.1, 0.15) is 45.1 Å². The summed E-state index contributed by atoms with van der Waals surface area (Å²) >= 11 is 0. The van der Waals surface area contributed by atoms with Crippen molar-refractivity contribution in [3.05, 3.63) is 35.9 Å². The molecule has 1 aliphatic heterocycles. The standard InChI is InChI=1S/C19H27NO/c1-17(2)19(21,18-11-6-5-7-12-18)13-10-16-20-14-8-3-4-9-15-20/h5-7,11-12,17,21H,3-4,8-9,14-16H2,1-2H3/t19-/m0/s1. The number of hydrogen-bond acceptors (Lipinski definition) is 2. The van der Waals surface area contributed by atoms with Gasteiger partial charge in [-0.1, -0.05) is 68.9 Å². The smallest absolute Gasteiger partial charge is 0.153 e. The van der Waals surface area contributed by atoms with Gasteiger partial charge in [0.25, 0.3) is 0 Å². The Kier molecular flexibility index (Phi) is 5.85. The average Bonchev–Trinajstić information content (AvgIpc) is 2.76. The molecule has 0 bridgehead atoms. The van der Waals surface area contributed by atoms with Crippen LogP contribution in [0.3, 0.4) is 0 Å². The highest BCUT2D eigenvalue weighted by Crippen LogP contribution is 2.28. The molecule has 0 aromatic heterocycles. The fraction of sp³-hybridized carbons (Fsp3) is 0.579. The van der Waals surface area contributed by atoms with Gasteiger partial charge in [0.1, 0.15) is 0 Å². The molecule has 1 aliphatic rings. The molecule has 21 heavy (non-hydrogen) atoms. The molecule has 2 rings (SSSR count). The van der Waals surface area contributed by atoms with Gasteiger partial charge in [-0.25, -0.2) is 0 Å². The molecular weight excluding hydrogens is 258 g/mol. The van der Waals surface area contributed by atoms with Crippen LogP contribution in [0.25, 0.3) is 0 Å². The molecule has 0 unspecified atom stereocenters. The Bertz CT molecular complexity index is 477. The molecule has 1 saturated heterocycles. The summed E-state index contributed by atoms with van der Waals surface area (Å²) in [6.45, 7) is 7.09. The van der Waals surface area contributed by atoms with E-state index in [2.05, 4.69) is 16.7 Å². The normalized spacial score (nSPS) is 19.4. The van der Waals surface area contributed by atoms with Crippen LogP contribution in [-0.2, 0) is 5.60 Å². The van der Waals surface area contributed by atoms with E-state index in [0.29, 0.717) is 0 Å². The maximum atomic E-state index is 11.0. The van der Waals surface area contributed by atoms with E-state index < -0.39 is 5.60 Å². The van der Waals surface area contributed by atoms with Crippen molar-refractivity contribution in [1.82, 2.24) is 4.90 Å². The number of likely N-dealkylation sites (tertiary alicyclic amines) is 1. The molecule has 2 heteroatoms. The third-order valence-electron chi connectivity index (χ3n) is 4.33. The fourth-order valence-electron chi connectivity index (χ4n) is 2.82. The van der Waals surface area contributed by atoms with Gasteiger partial charge in [0.2, 0.25) is 0 Å². The maximum Gasteiger partial charge on any atom is 0.153 e. The number of benzene rings is 1. The Morgan fingerprint density at radius 3 is 2.29 bits per heavy atom. The second-order valence-corrected chi connectivity index (χ2v) is 6.28. The first-order valence-electron chi connectivity index (χ1n) is 8.13. The van der Waals surface area contributed by atoms with Gasteiger partial charge in [-0.3, -0.25) is 4.90 Å².